The predicted molar refractivity (Wildman–Crippen MR) is 72.1 cm³/mol. The summed E-state index contributed by atoms with van der Waals surface area (Å²) < 4.78 is 0. The summed E-state index contributed by atoms with van der Waals surface area (Å²) in [5.41, 5.74) is 6.54. The van der Waals surface area contributed by atoms with Gasteiger partial charge in [0, 0.05) is 0 Å². The van der Waals surface area contributed by atoms with Gasteiger partial charge in [-0.25, -0.2) is 0 Å². The molecule has 0 saturated heterocycles. The molecule has 5 rings (SSSR count). The van der Waals surface area contributed by atoms with Crippen LogP contribution >= 0.6 is 11.3 Å². The van der Waals surface area contributed by atoms with Crippen molar-refractivity contribution in [2.45, 2.75) is 45.1 Å². The molecule has 1 unspecified atom stereocenters. The Bertz CT molecular complexity index is 428. The van der Waals surface area contributed by atoms with E-state index < -0.39 is 0 Å². The maximum Gasteiger partial charge on any atom is 0.134 e. The van der Waals surface area contributed by atoms with Gasteiger partial charge in [0.1, 0.15) is 10.0 Å². The zero-order chi connectivity index (χ0) is 12.3. The molecule has 4 fully saturated rings. The summed E-state index contributed by atoms with van der Waals surface area (Å²) in [4.78, 5) is 0. The molecule has 1 aromatic heterocycles. The van der Waals surface area contributed by atoms with E-state index >= 15 is 0 Å². The first-order valence-electron chi connectivity index (χ1n) is 7.26. The van der Waals surface area contributed by atoms with Crippen LogP contribution in [-0.2, 0) is 0 Å². The lowest BCUT2D eigenvalue weighted by molar-refractivity contribution is -0.0472. The van der Waals surface area contributed by atoms with Crippen molar-refractivity contribution in [3.05, 3.63) is 10.0 Å². The van der Waals surface area contributed by atoms with Crippen LogP contribution in [-0.4, -0.2) is 10.2 Å². The van der Waals surface area contributed by atoms with E-state index in [1.807, 2.05) is 6.92 Å². The Kier molecular flexibility index (Phi) is 2.53. The lowest BCUT2D eigenvalue weighted by atomic mass is 9.50. The van der Waals surface area contributed by atoms with Crippen molar-refractivity contribution < 1.29 is 0 Å². The lowest BCUT2D eigenvalue weighted by Gasteiger charge is -2.55. The van der Waals surface area contributed by atoms with E-state index in [0.717, 1.165) is 33.7 Å². The van der Waals surface area contributed by atoms with E-state index in [4.69, 9.17) is 5.73 Å². The summed E-state index contributed by atoms with van der Waals surface area (Å²) in [6.45, 7) is 2.02. The first kappa shape index (κ1) is 11.4. The molecule has 4 heteroatoms. The fourth-order valence-corrected chi connectivity index (χ4v) is 5.92. The third-order valence-corrected chi connectivity index (χ3v) is 6.48. The van der Waals surface area contributed by atoms with Gasteiger partial charge in [0.25, 0.3) is 0 Å². The molecule has 0 aromatic carbocycles. The fraction of sp³-hybridized carbons (Fsp3) is 0.857. The molecule has 4 aliphatic rings. The Labute approximate surface area is 112 Å². The second-order valence-electron chi connectivity index (χ2n) is 6.69. The first-order chi connectivity index (χ1) is 8.70. The predicted octanol–water partition coefficient (Wildman–Crippen LogP) is 2.92. The molecule has 1 aromatic rings. The fourth-order valence-electron chi connectivity index (χ4n) is 5.16. The summed E-state index contributed by atoms with van der Waals surface area (Å²) in [7, 11) is 0. The molecule has 2 N–H and O–H groups in total. The average molecular weight is 263 g/mol. The van der Waals surface area contributed by atoms with Crippen LogP contribution in [0.2, 0.25) is 0 Å². The summed E-state index contributed by atoms with van der Waals surface area (Å²) in [5, 5.41) is 10.6. The van der Waals surface area contributed by atoms with E-state index in [2.05, 4.69) is 10.2 Å². The second kappa shape index (κ2) is 4.01. The van der Waals surface area contributed by atoms with Gasteiger partial charge < -0.3 is 5.73 Å². The van der Waals surface area contributed by atoms with Crippen molar-refractivity contribution in [1.82, 2.24) is 10.2 Å². The largest absolute Gasteiger partial charge is 0.322 e. The number of hydrogen-bond acceptors (Lipinski definition) is 4. The molecule has 4 bridgehead atoms. The SMILES string of the molecule is Cc1nnc(C(N)C2C3CC4CC(C3)CC2C4)s1. The van der Waals surface area contributed by atoms with Crippen molar-refractivity contribution in [2.24, 2.45) is 35.3 Å². The van der Waals surface area contributed by atoms with Crippen molar-refractivity contribution in [1.29, 1.82) is 0 Å². The number of nitrogens with two attached hydrogens (primary N) is 1. The number of nitrogens with zero attached hydrogens (tertiary/aromatic N) is 2. The summed E-state index contributed by atoms with van der Waals surface area (Å²) >= 11 is 1.69. The quantitative estimate of drug-likeness (QED) is 0.892. The Hall–Kier alpha value is -0.480. The second-order valence-corrected chi connectivity index (χ2v) is 7.91. The third kappa shape index (κ3) is 1.65. The van der Waals surface area contributed by atoms with E-state index in [0.29, 0.717) is 5.92 Å². The normalized spacial score (nSPS) is 43.3. The monoisotopic (exact) mass is 263 g/mol. The van der Waals surface area contributed by atoms with Gasteiger partial charge in [-0.2, -0.15) is 0 Å². The molecule has 4 saturated carbocycles. The summed E-state index contributed by atoms with van der Waals surface area (Å²) in [6.07, 6.45) is 7.24. The maximum atomic E-state index is 6.54. The minimum absolute atomic E-state index is 0.145. The molecule has 4 aliphatic carbocycles. The molecule has 1 heterocycles. The molecule has 0 radical (unpaired) electrons. The lowest BCUT2D eigenvalue weighted by Crippen LogP contribution is -2.48. The van der Waals surface area contributed by atoms with Gasteiger partial charge in [0.05, 0.1) is 6.04 Å². The minimum atomic E-state index is 0.145. The molecule has 0 amide bonds. The Balaban J connectivity index is 1.61. The van der Waals surface area contributed by atoms with Crippen LogP contribution in [0.5, 0.6) is 0 Å². The molecule has 98 valence electrons. The van der Waals surface area contributed by atoms with Crippen LogP contribution in [0.25, 0.3) is 0 Å². The number of aryl methyl sites for hydroxylation is 1. The van der Waals surface area contributed by atoms with Crippen LogP contribution in [0, 0.1) is 36.5 Å². The van der Waals surface area contributed by atoms with Gasteiger partial charge in [-0.1, -0.05) is 0 Å². The van der Waals surface area contributed by atoms with Crippen LogP contribution in [0.15, 0.2) is 0 Å². The van der Waals surface area contributed by atoms with Crippen LogP contribution < -0.4 is 5.73 Å². The van der Waals surface area contributed by atoms with Gasteiger partial charge in [0.2, 0.25) is 0 Å². The van der Waals surface area contributed by atoms with Crippen molar-refractivity contribution >= 4 is 11.3 Å². The van der Waals surface area contributed by atoms with E-state index in [1.165, 1.54) is 32.1 Å². The topological polar surface area (TPSA) is 51.8 Å². The Morgan fingerprint density at radius 1 is 1.06 bits per heavy atom. The van der Waals surface area contributed by atoms with E-state index in [9.17, 15) is 0 Å². The molecular formula is C14H21N3S. The smallest absolute Gasteiger partial charge is 0.134 e. The van der Waals surface area contributed by atoms with E-state index in [-0.39, 0.29) is 6.04 Å². The third-order valence-electron chi connectivity index (χ3n) is 5.54. The van der Waals surface area contributed by atoms with Gasteiger partial charge in [-0.05, 0) is 68.6 Å². The maximum absolute atomic E-state index is 6.54. The molecule has 1 atom stereocenters. The summed E-state index contributed by atoms with van der Waals surface area (Å²) in [6, 6.07) is 0.145. The number of hydrogen-bond donors (Lipinski definition) is 1. The van der Waals surface area contributed by atoms with Gasteiger partial charge in [-0.3, -0.25) is 0 Å². The van der Waals surface area contributed by atoms with Crippen LogP contribution in [0.3, 0.4) is 0 Å². The molecule has 0 aliphatic heterocycles. The number of rotatable bonds is 2. The Morgan fingerprint density at radius 3 is 2.17 bits per heavy atom. The van der Waals surface area contributed by atoms with E-state index in [1.54, 1.807) is 11.3 Å². The molecule has 0 spiro atoms. The zero-order valence-corrected chi connectivity index (χ0v) is 11.7. The Morgan fingerprint density at radius 2 is 1.67 bits per heavy atom. The van der Waals surface area contributed by atoms with Gasteiger partial charge in [-0.15, -0.1) is 21.5 Å². The first-order valence-corrected chi connectivity index (χ1v) is 8.08. The molecule has 18 heavy (non-hydrogen) atoms. The van der Waals surface area contributed by atoms with Crippen LogP contribution in [0.1, 0.15) is 48.2 Å². The highest BCUT2D eigenvalue weighted by Crippen LogP contribution is 2.59. The highest BCUT2D eigenvalue weighted by Gasteiger charge is 2.50. The average Bonchev–Trinajstić information content (AvgIpc) is 2.74. The molecule has 3 nitrogen and oxygen atoms in total. The van der Waals surface area contributed by atoms with Crippen LogP contribution in [0.4, 0.5) is 0 Å². The highest BCUT2D eigenvalue weighted by atomic mass is 32.1. The van der Waals surface area contributed by atoms with Crippen molar-refractivity contribution in [3.63, 3.8) is 0 Å². The highest BCUT2D eigenvalue weighted by molar-refractivity contribution is 7.11. The van der Waals surface area contributed by atoms with Gasteiger partial charge >= 0.3 is 0 Å². The summed E-state index contributed by atoms with van der Waals surface area (Å²) in [5.74, 6) is 4.48. The minimum Gasteiger partial charge on any atom is -0.322 e. The van der Waals surface area contributed by atoms with Gasteiger partial charge in [0.15, 0.2) is 0 Å². The zero-order valence-electron chi connectivity index (χ0n) is 10.9. The standard InChI is InChI=1S/C14H21N3S/c1-7-16-17-14(18-7)13(15)12-10-3-8-2-9(5-10)6-11(12)4-8/h8-13H,2-6,15H2,1H3. The van der Waals surface area contributed by atoms with Crippen molar-refractivity contribution in [3.8, 4) is 0 Å². The van der Waals surface area contributed by atoms with Crippen molar-refractivity contribution in [2.75, 3.05) is 0 Å². The number of aromatic nitrogens is 2. The molecular weight excluding hydrogens is 242 g/mol.